The van der Waals surface area contributed by atoms with Gasteiger partial charge in [-0.15, -0.1) is 0 Å². The summed E-state index contributed by atoms with van der Waals surface area (Å²) < 4.78 is 5.16. The molecule has 1 saturated carbocycles. The minimum atomic E-state index is -1.82. The number of carbonyl (C=O) groups excluding carboxylic acids is 3. The SMILES string of the molecule is O=C(CCCCC1([N+](=O)[O-])CCCCC(=O)C1=O)OCc1ccccc1. The molecule has 0 bridgehead atoms. The normalized spacial score (nSPS) is 20.5. The maximum absolute atomic E-state index is 12.2. The highest BCUT2D eigenvalue weighted by Gasteiger charge is 2.53. The lowest BCUT2D eigenvalue weighted by Gasteiger charge is -2.21. The highest BCUT2D eigenvalue weighted by molar-refractivity contribution is 6.40. The zero-order chi connectivity index (χ0) is 19.0. The summed E-state index contributed by atoms with van der Waals surface area (Å²) in [5, 5.41) is 11.5. The van der Waals surface area contributed by atoms with Crippen molar-refractivity contribution in [1.29, 1.82) is 0 Å². The van der Waals surface area contributed by atoms with Crippen LogP contribution in [0.15, 0.2) is 30.3 Å². The lowest BCUT2D eigenvalue weighted by molar-refractivity contribution is -0.553. The van der Waals surface area contributed by atoms with E-state index in [9.17, 15) is 24.5 Å². The predicted molar refractivity (Wildman–Crippen MR) is 92.9 cm³/mol. The van der Waals surface area contributed by atoms with Crippen LogP contribution in [-0.4, -0.2) is 28.0 Å². The molecule has 0 saturated heterocycles. The van der Waals surface area contributed by atoms with E-state index in [4.69, 9.17) is 4.74 Å². The first-order valence-electron chi connectivity index (χ1n) is 8.87. The van der Waals surface area contributed by atoms with Crippen molar-refractivity contribution in [2.45, 2.75) is 63.5 Å². The van der Waals surface area contributed by atoms with Crippen LogP contribution in [-0.2, 0) is 25.7 Å². The smallest absolute Gasteiger partial charge is 0.306 e. The Morgan fingerprint density at radius 1 is 1.15 bits per heavy atom. The highest BCUT2D eigenvalue weighted by Crippen LogP contribution is 2.30. The van der Waals surface area contributed by atoms with E-state index < -0.39 is 22.0 Å². The first kappa shape index (κ1) is 19.8. The number of rotatable bonds is 8. The first-order chi connectivity index (χ1) is 12.5. The molecule has 1 fully saturated rings. The minimum absolute atomic E-state index is 0.0173. The van der Waals surface area contributed by atoms with E-state index in [2.05, 4.69) is 0 Å². The molecule has 1 aliphatic rings. The third kappa shape index (κ3) is 4.97. The minimum Gasteiger partial charge on any atom is -0.461 e. The van der Waals surface area contributed by atoms with E-state index in [0.29, 0.717) is 25.7 Å². The van der Waals surface area contributed by atoms with Gasteiger partial charge in [0, 0.05) is 30.6 Å². The molecular weight excluding hydrogens is 338 g/mol. The highest BCUT2D eigenvalue weighted by atomic mass is 16.6. The summed E-state index contributed by atoms with van der Waals surface area (Å²) in [5.74, 6) is -1.92. The molecule has 1 aromatic carbocycles. The molecule has 1 aromatic rings. The van der Waals surface area contributed by atoms with Gasteiger partial charge < -0.3 is 4.74 Å². The van der Waals surface area contributed by atoms with Crippen LogP contribution in [0.5, 0.6) is 0 Å². The second kappa shape index (κ2) is 9.22. The Hall–Kier alpha value is -2.57. The van der Waals surface area contributed by atoms with Crippen LogP contribution < -0.4 is 0 Å². The van der Waals surface area contributed by atoms with Crippen LogP contribution in [0.3, 0.4) is 0 Å². The Morgan fingerprint density at radius 3 is 2.58 bits per heavy atom. The van der Waals surface area contributed by atoms with Crippen molar-refractivity contribution in [2.24, 2.45) is 0 Å². The monoisotopic (exact) mass is 361 g/mol. The van der Waals surface area contributed by atoms with E-state index >= 15 is 0 Å². The van der Waals surface area contributed by atoms with Gasteiger partial charge in [0.15, 0.2) is 0 Å². The summed E-state index contributed by atoms with van der Waals surface area (Å²) in [6.07, 6.45) is 1.97. The summed E-state index contributed by atoms with van der Waals surface area (Å²) >= 11 is 0. The molecule has 7 heteroatoms. The lowest BCUT2D eigenvalue weighted by atomic mass is 9.84. The zero-order valence-corrected chi connectivity index (χ0v) is 14.6. The third-order valence-corrected chi connectivity index (χ3v) is 4.73. The van der Waals surface area contributed by atoms with Crippen LogP contribution in [0, 0.1) is 10.1 Å². The van der Waals surface area contributed by atoms with E-state index in [1.165, 1.54) is 0 Å². The van der Waals surface area contributed by atoms with Crippen molar-refractivity contribution in [1.82, 2.24) is 0 Å². The fourth-order valence-electron chi connectivity index (χ4n) is 3.19. The second-order valence-corrected chi connectivity index (χ2v) is 6.60. The number of ketones is 2. The molecular formula is C19H23NO6. The molecule has 140 valence electrons. The van der Waals surface area contributed by atoms with Gasteiger partial charge in [-0.2, -0.15) is 0 Å². The van der Waals surface area contributed by atoms with Crippen molar-refractivity contribution in [2.75, 3.05) is 0 Å². The fourth-order valence-corrected chi connectivity index (χ4v) is 3.19. The fraction of sp³-hybridized carbons (Fsp3) is 0.526. The van der Waals surface area contributed by atoms with Crippen molar-refractivity contribution in [3.05, 3.63) is 46.0 Å². The van der Waals surface area contributed by atoms with Crippen LogP contribution in [0.2, 0.25) is 0 Å². The molecule has 0 radical (unpaired) electrons. The number of nitro groups is 1. The Balaban J connectivity index is 1.80. The average molecular weight is 361 g/mol. The number of Topliss-reactive ketones (excluding diaryl/α,β-unsaturated/α-hetero) is 2. The molecule has 0 aliphatic heterocycles. The molecule has 1 atom stereocenters. The molecule has 26 heavy (non-hydrogen) atoms. The Labute approximate surface area is 151 Å². The maximum Gasteiger partial charge on any atom is 0.306 e. The summed E-state index contributed by atoms with van der Waals surface area (Å²) in [6.45, 7) is 0.186. The largest absolute Gasteiger partial charge is 0.461 e. The molecule has 0 heterocycles. The lowest BCUT2D eigenvalue weighted by Crippen LogP contribution is -2.48. The van der Waals surface area contributed by atoms with Gasteiger partial charge in [-0.1, -0.05) is 30.3 Å². The summed E-state index contributed by atoms with van der Waals surface area (Å²) in [4.78, 5) is 46.7. The molecule has 0 N–H and O–H groups in total. The molecule has 7 nitrogen and oxygen atoms in total. The number of hydrogen-bond donors (Lipinski definition) is 0. The van der Waals surface area contributed by atoms with Crippen molar-refractivity contribution in [3.63, 3.8) is 0 Å². The van der Waals surface area contributed by atoms with Gasteiger partial charge in [0.2, 0.25) is 5.78 Å². The van der Waals surface area contributed by atoms with E-state index in [1.807, 2.05) is 30.3 Å². The molecule has 0 amide bonds. The Kier molecular flexibility index (Phi) is 7.00. The average Bonchev–Trinajstić information content (AvgIpc) is 2.78. The molecule has 2 rings (SSSR count). The topological polar surface area (TPSA) is 104 Å². The van der Waals surface area contributed by atoms with Gasteiger partial charge in [-0.05, 0) is 31.2 Å². The molecule has 0 aromatic heterocycles. The predicted octanol–water partition coefficient (Wildman–Crippen LogP) is 3.02. The number of nitrogens with zero attached hydrogens (tertiary/aromatic N) is 1. The summed E-state index contributed by atoms with van der Waals surface area (Å²) in [5.41, 5.74) is -0.933. The number of ether oxygens (including phenoxy) is 1. The molecule has 0 spiro atoms. The van der Waals surface area contributed by atoms with E-state index in [0.717, 1.165) is 5.56 Å². The standard InChI is InChI=1S/C19H23NO6/c21-16-10-4-6-12-19(18(16)23,20(24)25)13-7-5-11-17(22)26-14-15-8-2-1-3-9-15/h1-3,8-9H,4-7,10-14H2. The number of unbranched alkanes of at least 4 members (excludes halogenated alkanes) is 1. The van der Waals surface area contributed by atoms with Crippen LogP contribution >= 0.6 is 0 Å². The third-order valence-electron chi connectivity index (χ3n) is 4.73. The van der Waals surface area contributed by atoms with Gasteiger partial charge in [-0.3, -0.25) is 24.5 Å². The number of esters is 1. The molecule has 1 unspecified atom stereocenters. The van der Waals surface area contributed by atoms with Gasteiger partial charge in [0.25, 0.3) is 11.3 Å². The quantitative estimate of drug-likeness (QED) is 0.176. The summed E-state index contributed by atoms with van der Waals surface area (Å²) in [6, 6.07) is 9.28. The van der Waals surface area contributed by atoms with E-state index in [-0.39, 0.29) is 38.3 Å². The number of benzene rings is 1. The zero-order valence-electron chi connectivity index (χ0n) is 14.6. The number of carbonyl (C=O) groups is 3. The second-order valence-electron chi connectivity index (χ2n) is 6.60. The van der Waals surface area contributed by atoms with E-state index in [1.54, 1.807) is 0 Å². The van der Waals surface area contributed by atoms with Gasteiger partial charge in [0.1, 0.15) is 6.61 Å². The Bertz CT molecular complexity index is 672. The summed E-state index contributed by atoms with van der Waals surface area (Å²) in [7, 11) is 0. The van der Waals surface area contributed by atoms with Crippen LogP contribution in [0.4, 0.5) is 0 Å². The number of hydrogen-bond acceptors (Lipinski definition) is 6. The van der Waals surface area contributed by atoms with Crippen LogP contribution in [0.1, 0.15) is 56.9 Å². The van der Waals surface area contributed by atoms with Crippen molar-refractivity contribution < 1.29 is 24.0 Å². The van der Waals surface area contributed by atoms with Gasteiger partial charge in [-0.25, -0.2) is 0 Å². The Morgan fingerprint density at radius 2 is 1.88 bits per heavy atom. The maximum atomic E-state index is 12.2. The van der Waals surface area contributed by atoms with Crippen molar-refractivity contribution in [3.8, 4) is 0 Å². The van der Waals surface area contributed by atoms with Gasteiger partial charge in [0.05, 0.1) is 0 Å². The van der Waals surface area contributed by atoms with Crippen molar-refractivity contribution >= 4 is 17.5 Å². The van der Waals surface area contributed by atoms with Gasteiger partial charge >= 0.3 is 5.97 Å². The van der Waals surface area contributed by atoms with Crippen LogP contribution in [0.25, 0.3) is 0 Å². The first-order valence-corrected chi connectivity index (χ1v) is 8.87. The molecule has 1 aliphatic carbocycles.